The lowest BCUT2D eigenvalue weighted by Gasteiger charge is -2.40. The van der Waals surface area contributed by atoms with E-state index < -0.39 is 0 Å². The molecule has 1 heterocycles. The molecule has 0 bridgehead atoms. The van der Waals surface area contributed by atoms with Gasteiger partial charge >= 0.3 is 0 Å². The fourth-order valence-electron chi connectivity index (χ4n) is 3.23. The van der Waals surface area contributed by atoms with Gasteiger partial charge in [0.2, 0.25) is 5.91 Å². The number of hydrogen-bond acceptors (Lipinski definition) is 3. The smallest absolute Gasteiger partial charge is 0.238 e. The van der Waals surface area contributed by atoms with Gasteiger partial charge in [0.25, 0.3) is 0 Å². The summed E-state index contributed by atoms with van der Waals surface area (Å²) in [6.07, 6.45) is 0. The van der Waals surface area contributed by atoms with Gasteiger partial charge in [-0.2, -0.15) is 0 Å². The Morgan fingerprint density at radius 3 is 2.68 bits per heavy atom. The number of carbonyl (C=O) groups is 1. The molecule has 1 amide bonds. The molecule has 1 aliphatic heterocycles. The van der Waals surface area contributed by atoms with Crippen LogP contribution in [0.15, 0.2) is 48.5 Å². The molecular weight excluding hydrogens is 334 g/mol. The summed E-state index contributed by atoms with van der Waals surface area (Å²) in [5.41, 5.74) is 2.99. The Labute approximate surface area is 154 Å². The zero-order valence-corrected chi connectivity index (χ0v) is 15.5. The normalized spacial score (nSPS) is 18.9. The van der Waals surface area contributed by atoms with Crippen molar-refractivity contribution in [2.45, 2.75) is 13.0 Å². The standard InChI is InChI=1S/C20H24ClN3O/c1-15-8-9-18(17(21)12-15)22-20(25)14-24-11-10-23(2)13-19(24)16-6-4-3-5-7-16/h3-9,12,19H,10-11,13-14H2,1-2H3,(H,22,25). The van der Waals surface area contributed by atoms with Crippen molar-refractivity contribution in [3.8, 4) is 0 Å². The Hall–Kier alpha value is -1.88. The summed E-state index contributed by atoms with van der Waals surface area (Å²) in [7, 11) is 2.12. The van der Waals surface area contributed by atoms with E-state index in [1.54, 1.807) is 0 Å². The molecule has 2 aromatic rings. The minimum Gasteiger partial charge on any atom is -0.324 e. The molecule has 0 saturated carbocycles. The highest BCUT2D eigenvalue weighted by Crippen LogP contribution is 2.26. The SMILES string of the molecule is Cc1ccc(NC(=O)CN2CCN(C)CC2c2ccccc2)c(Cl)c1. The summed E-state index contributed by atoms with van der Waals surface area (Å²) in [6.45, 7) is 5.08. The lowest BCUT2D eigenvalue weighted by molar-refractivity contribution is -0.118. The summed E-state index contributed by atoms with van der Waals surface area (Å²) in [5, 5.41) is 3.52. The van der Waals surface area contributed by atoms with Gasteiger partial charge in [0.15, 0.2) is 0 Å². The number of benzene rings is 2. The molecule has 3 rings (SSSR count). The van der Waals surface area contributed by atoms with Crippen molar-refractivity contribution in [3.05, 3.63) is 64.7 Å². The second-order valence-corrected chi connectivity index (χ2v) is 7.10. The Morgan fingerprint density at radius 2 is 1.96 bits per heavy atom. The largest absolute Gasteiger partial charge is 0.324 e. The highest BCUT2D eigenvalue weighted by Gasteiger charge is 2.28. The van der Waals surface area contributed by atoms with Crippen LogP contribution in [0.5, 0.6) is 0 Å². The lowest BCUT2D eigenvalue weighted by Crippen LogP contribution is -2.49. The van der Waals surface area contributed by atoms with Gasteiger partial charge in [-0.15, -0.1) is 0 Å². The Bertz CT molecular complexity index is 735. The Morgan fingerprint density at radius 1 is 1.20 bits per heavy atom. The summed E-state index contributed by atoms with van der Waals surface area (Å²) < 4.78 is 0. The van der Waals surface area contributed by atoms with Gasteiger partial charge in [-0.25, -0.2) is 0 Å². The Balaban J connectivity index is 1.70. The van der Waals surface area contributed by atoms with Crippen LogP contribution in [0.1, 0.15) is 17.2 Å². The van der Waals surface area contributed by atoms with E-state index in [0.717, 1.165) is 25.2 Å². The molecule has 1 unspecified atom stereocenters. The Kier molecular flexibility index (Phi) is 5.74. The maximum Gasteiger partial charge on any atom is 0.238 e. The molecule has 1 aliphatic rings. The molecule has 0 spiro atoms. The van der Waals surface area contributed by atoms with E-state index in [-0.39, 0.29) is 11.9 Å². The third-order valence-electron chi connectivity index (χ3n) is 4.62. The van der Waals surface area contributed by atoms with Crippen molar-refractivity contribution in [1.82, 2.24) is 9.80 Å². The quantitative estimate of drug-likeness (QED) is 0.908. The first-order valence-corrected chi connectivity index (χ1v) is 8.94. The first-order valence-electron chi connectivity index (χ1n) is 8.56. The molecule has 0 aliphatic carbocycles. The van der Waals surface area contributed by atoms with Gasteiger partial charge in [-0.1, -0.05) is 48.0 Å². The molecule has 0 radical (unpaired) electrons. The monoisotopic (exact) mass is 357 g/mol. The number of carbonyl (C=O) groups excluding carboxylic acids is 1. The van der Waals surface area contributed by atoms with Crippen LogP contribution in [-0.4, -0.2) is 48.9 Å². The van der Waals surface area contributed by atoms with E-state index in [4.69, 9.17) is 11.6 Å². The molecule has 1 saturated heterocycles. The highest BCUT2D eigenvalue weighted by molar-refractivity contribution is 6.33. The topological polar surface area (TPSA) is 35.6 Å². The van der Waals surface area contributed by atoms with Crippen molar-refractivity contribution in [2.75, 3.05) is 38.5 Å². The van der Waals surface area contributed by atoms with E-state index in [1.807, 2.05) is 43.3 Å². The van der Waals surface area contributed by atoms with Crippen LogP contribution >= 0.6 is 11.6 Å². The van der Waals surface area contributed by atoms with Gasteiger partial charge in [-0.3, -0.25) is 9.69 Å². The molecule has 5 heteroatoms. The van der Waals surface area contributed by atoms with Crippen LogP contribution in [-0.2, 0) is 4.79 Å². The molecule has 4 nitrogen and oxygen atoms in total. The van der Waals surface area contributed by atoms with E-state index in [2.05, 4.69) is 34.3 Å². The van der Waals surface area contributed by atoms with Crippen LogP contribution in [0.2, 0.25) is 5.02 Å². The minimum absolute atomic E-state index is 0.0313. The van der Waals surface area contributed by atoms with Gasteiger partial charge in [0.05, 0.1) is 17.3 Å². The number of rotatable bonds is 4. The molecule has 1 fully saturated rings. The number of hydrogen-bond donors (Lipinski definition) is 1. The number of amides is 1. The zero-order chi connectivity index (χ0) is 17.8. The van der Waals surface area contributed by atoms with E-state index >= 15 is 0 Å². The third kappa shape index (κ3) is 4.60. The number of piperazine rings is 1. The fraction of sp³-hybridized carbons (Fsp3) is 0.350. The average molecular weight is 358 g/mol. The maximum atomic E-state index is 12.6. The molecule has 25 heavy (non-hydrogen) atoms. The van der Waals surface area contributed by atoms with Gasteiger partial charge in [-0.05, 0) is 37.2 Å². The summed E-state index contributed by atoms with van der Waals surface area (Å²) in [4.78, 5) is 17.1. The van der Waals surface area contributed by atoms with Crippen LogP contribution in [0.3, 0.4) is 0 Å². The molecule has 2 aromatic carbocycles. The van der Waals surface area contributed by atoms with Gasteiger partial charge in [0.1, 0.15) is 0 Å². The van der Waals surface area contributed by atoms with Crippen molar-refractivity contribution < 1.29 is 4.79 Å². The number of aryl methyl sites for hydroxylation is 1. The molecular formula is C20H24ClN3O. The summed E-state index contributed by atoms with van der Waals surface area (Å²) in [6, 6.07) is 16.3. The van der Waals surface area contributed by atoms with Crippen molar-refractivity contribution in [1.29, 1.82) is 0 Å². The number of anilines is 1. The predicted molar refractivity (Wildman–Crippen MR) is 103 cm³/mol. The molecule has 1 atom stereocenters. The minimum atomic E-state index is -0.0313. The molecule has 132 valence electrons. The van der Waals surface area contributed by atoms with Crippen LogP contribution in [0.25, 0.3) is 0 Å². The predicted octanol–water partition coefficient (Wildman–Crippen LogP) is 3.58. The average Bonchev–Trinajstić information content (AvgIpc) is 2.60. The van der Waals surface area contributed by atoms with Crippen molar-refractivity contribution >= 4 is 23.2 Å². The van der Waals surface area contributed by atoms with Crippen molar-refractivity contribution in [3.63, 3.8) is 0 Å². The maximum absolute atomic E-state index is 12.6. The second-order valence-electron chi connectivity index (χ2n) is 6.69. The van der Waals surface area contributed by atoms with E-state index in [0.29, 0.717) is 17.3 Å². The first-order chi connectivity index (χ1) is 12.0. The van der Waals surface area contributed by atoms with Gasteiger partial charge in [0, 0.05) is 25.7 Å². The fourth-order valence-corrected chi connectivity index (χ4v) is 3.52. The number of nitrogens with zero attached hydrogens (tertiary/aromatic N) is 2. The van der Waals surface area contributed by atoms with E-state index in [1.165, 1.54) is 5.56 Å². The number of nitrogens with one attached hydrogen (secondary N) is 1. The summed E-state index contributed by atoms with van der Waals surface area (Å²) >= 11 is 6.23. The molecule has 1 N–H and O–H groups in total. The van der Waals surface area contributed by atoms with Crippen molar-refractivity contribution in [2.24, 2.45) is 0 Å². The van der Waals surface area contributed by atoms with E-state index in [9.17, 15) is 4.79 Å². The number of likely N-dealkylation sites (N-methyl/N-ethyl adjacent to an activating group) is 1. The third-order valence-corrected chi connectivity index (χ3v) is 4.94. The zero-order valence-electron chi connectivity index (χ0n) is 14.7. The van der Waals surface area contributed by atoms with Gasteiger partial charge < -0.3 is 10.2 Å². The number of halogens is 1. The second kappa shape index (κ2) is 8.00. The first kappa shape index (κ1) is 17.9. The summed E-state index contributed by atoms with van der Waals surface area (Å²) in [5.74, 6) is -0.0313. The van der Waals surface area contributed by atoms with Crippen LogP contribution in [0, 0.1) is 6.92 Å². The highest BCUT2D eigenvalue weighted by atomic mass is 35.5. The lowest BCUT2D eigenvalue weighted by atomic mass is 10.0. The molecule has 0 aromatic heterocycles. The van der Waals surface area contributed by atoms with Crippen LogP contribution in [0.4, 0.5) is 5.69 Å². The van der Waals surface area contributed by atoms with Crippen LogP contribution < -0.4 is 5.32 Å².